The number of fused-ring (bicyclic) bond motifs is 2. The molecule has 2 aliphatic carbocycles. The number of hydrogen-bond acceptors (Lipinski definition) is 7. The molecule has 1 aromatic rings. The zero-order chi connectivity index (χ0) is 22.6. The highest BCUT2D eigenvalue weighted by Gasteiger charge is 2.62. The number of ether oxygens (including phenoxy) is 3. The van der Waals surface area contributed by atoms with Crippen LogP contribution in [-0.2, 0) is 14.2 Å². The molecule has 6 rings (SSSR count). The SMILES string of the molecule is COC1=CC2=C(Nc3ccc(Cl)c(Cl)c3)NC=NC2C=C1OC1C[C@@]12CN1CCCC1CO2. The molecule has 4 atom stereocenters. The van der Waals surface area contributed by atoms with Crippen molar-refractivity contribution in [1.82, 2.24) is 10.2 Å². The van der Waals surface area contributed by atoms with Crippen LogP contribution >= 0.6 is 23.2 Å². The van der Waals surface area contributed by atoms with Gasteiger partial charge >= 0.3 is 0 Å². The Morgan fingerprint density at radius 3 is 3.03 bits per heavy atom. The van der Waals surface area contributed by atoms with Crippen LogP contribution in [0.3, 0.4) is 0 Å². The molecule has 0 aromatic heterocycles. The lowest BCUT2D eigenvalue weighted by atomic mass is 9.99. The molecule has 33 heavy (non-hydrogen) atoms. The zero-order valence-electron chi connectivity index (χ0n) is 18.3. The lowest BCUT2D eigenvalue weighted by molar-refractivity contribution is -0.0877. The Labute approximate surface area is 203 Å². The Bertz CT molecular complexity index is 1100. The fourth-order valence-electron chi connectivity index (χ4n) is 5.12. The number of aliphatic imine (C=N–C) groups is 1. The first-order valence-electron chi connectivity index (χ1n) is 11.3. The average Bonchev–Trinajstić information content (AvgIpc) is 3.24. The summed E-state index contributed by atoms with van der Waals surface area (Å²) in [5.74, 6) is 2.19. The van der Waals surface area contributed by atoms with E-state index in [4.69, 9.17) is 37.4 Å². The first-order chi connectivity index (χ1) is 16.0. The summed E-state index contributed by atoms with van der Waals surface area (Å²) in [7, 11) is 1.66. The minimum atomic E-state index is -0.186. The highest BCUT2D eigenvalue weighted by atomic mass is 35.5. The molecule has 0 amide bonds. The summed E-state index contributed by atoms with van der Waals surface area (Å²) in [5, 5.41) is 7.56. The number of halogens is 2. The fraction of sp³-hybridized carbons (Fsp3) is 0.458. The van der Waals surface area contributed by atoms with Gasteiger partial charge in [-0.3, -0.25) is 9.89 Å². The normalized spacial score (nSPS) is 32.5. The highest BCUT2D eigenvalue weighted by Crippen LogP contribution is 2.49. The van der Waals surface area contributed by atoms with Crippen molar-refractivity contribution in [2.45, 2.75) is 43.1 Å². The van der Waals surface area contributed by atoms with E-state index >= 15 is 0 Å². The molecule has 7 nitrogen and oxygen atoms in total. The largest absolute Gasteiger partial charge is 0.493 e. The average molecular weight is 489 g/mol. The Morgan fingerprint density at radius 1 is 1.27 bits per heavy atom. The number of benzene rings is 1. The standard InChI is InChI=1S/C24H26Cl2N4O3/c1-31-20-8-16-19(27-13-28-23(16)29-14-4-5-17(25)18(26)7-14)9-21(20)33-22-10-24(22)12-30-6-2-3-15(30)11-32-24/h4-5,7-9,13,15,19,22,29H,2-3,6,10-12H2,1H3,(H,27,28)/t15?,19?,22?,24-/m1/s1. The Hall–Kier alpha value is -2.19. The predicted molar refractivity (Wildman–Crippen MR) is 128 cm³/mol. The fourth-order valence-corrected chi connectivity index (χ4v) is 5.42. The van der Waals surface area contributed by atoms with Crippen molar-refractivity contribution in [1.29, 1.82) is 0 Å². The molecule has 2 N–H and O–H groups in total. The highest BCUT2D eigenvalue weighted by molar-refractivity contribution is 6.42. The summed E-state index contributed by atoms with van der Waals surface area (Å²) in [6.45, 7) is 2.93. The monoisotopic (exact) mass is 488 g/mol. The van der Waals surface area contributed by atoms with E-state index in [0.717, 1.165) is 36.7 Å². The molecule has 3 heterocycles. The second-order valence-electron chi connectivity index (χ2n) is 9.15. The van der Waals surface area contributed by atoms with Crippen LogP contribution in [0.4, 0.5) is 5.69 Å². The number of nitrogens with one attached hydrogen (secondary N) is 2. The number of methoxy groups -OCH3 is 1. The third-order valence-electron chi connectivity index (χ3n) is 7.06. The van der Waals surface area contributed by atoms with Gasteiger partial charge in [0.1, 0.15) is 23.6 Å². The van der Waals surface area contributed by atoms with E-state index in [1.54, 1.807) is 25.6 Å². The minimum absolute atomic E-state index is 0.0360. The van der Waals surface area contributed by atoms with E-state index in [0.29, 0.717) is 27.6 Å². The van der Waals surface area contributed by atoms with Gasteiger partial charge in [0, 0.05) is 30.3 Å². The van der Waals surface area contributed by atoms with Gasteiger partial charge in [-0.25, -0.2) is 0 Å². The van der Waals surface area contributed by atoms with E-state index in [2.05, 4.69) is 20.5 Å². The van der Waals surface area contributed by atoms with Gasteiger partial charge in [-0.1, -0.05) is 23.2 Å². The summed E-state index contributed by atoms with van der Waals surface area (Å²) in [4.78, 5) is 7.16. The van der Waals surface area contributed by atoms with Gasteiger partial charge in [-0.05, 0) is 49.7 Å². The van der Waals surface area contributed by atoms with E-state index < -0.39 is 0 Å². The minimum Gasteiger partial charge on any atom is -0.493 e. The second kappa shape index (κ2) is 8.24. The van der Waals surface area contributed by atoms with Crippen LogP contribution in [0.15, 0.2) is 58.3 Å². The predicted octanol–water partition coefficient (Wildman–Crippen LogP) is 4.07. The molecule has 2 saturated heterocycles. The number of morpholine rings is 1. The Kier molecular flexibility index (Phi) is 5.33. The maximum atomic E-state index is 6.43. The van der Waals surface area contributed by atoms with Crippen molar-refractivity contribution >= 4 is 35.2 Å². The van der Waals surface area contributed by atoms with Crippen LogP contribution in [0.1, 0.15) is 19.3 Å². The topological polar surface area (TPSA) is 67.3 Å². The smallest absolute Gasteiger partial charge is 0.161 e. The second-order valence-corrected chi connectivity index (χ2v) is 9.96. The lowest BCUT2D eigenvalue weighted by Crippen LogP contribution is -2.49. The van der Waals surface area contributed by atoms with E-state index in [1.165, 1.54) is 19.4 Å². The third kappa shape index (κ3) is 3.91. The van der Waals surface area contributed by atoms with Crippen molar-refractivity contribution in [3.63, 3.8) is 0 Å². The molecule has 5 aliphatic rings. The lowest BCUT2D eigenvalue weighted by Gasteiger charge is -2.36. The maximum Gasteiger partial charge on any atom is 0.161 e. The summed E-state index contributed by atoms with van der Waals surface area (Å²) in [6, 6.07) is 5.82. The third-order valence-corrected chi connectivity index (χ3v) is 7.80. The molecule has 1 aromatic carbocycles. The summed E-state index contributed by atoms with van der Waals surface area (Å²) < 4.78 is 18.4. The van der Waals surface area contributed by atoms with Crippen LogP contribution in [0.25, 0.3) is 0 Å². The number of anilines is 1. The van der Waals surface area contributed by atoms with E-state index in [9.17, 15) is 0 Å². The maximum absolute atomic E-state index is 6.43. The summed E-state index contributed by atoms with van der Waals surface area (Å²) >= 11 is 12.2. The molecule has 3 unspecified atom stereocenters. The van der Waals surface area contributed by atoms with Gasteiger partial charge < -0.3 is 24.8 Å². The van der Waals surface area contributed by atoms with Crippen LogP contribution in [-0.4, -0.2) is 61.8 Å². The Morgan fingerprint density at radius 2 is 2.18 bits per heavy atom. The first kappa shape index (κ1) is 21.4. The van der Waals surface area contributed by atoms with E-state index in [1.807, 2.05) is 18.2 Å². The quantitative estimate of drug-likeness (QED) is 0.651. The molecule has 174 valence electrons. The molecule has 9 heteroatoms. The summed E-state index contributed by atoms with van der Waals surface area (Å²) in [5.41, 5.74) is 1.59. The molecular formula is C24H26Cl2N4O3. The first-order valence-corrected chi connectivity index (χ1v) is 12.1. The number of rotatable bonds is 5. The van der Waals surface area contributed by atoms with Gasteiger partial charge in [0.15, 0.2) is 11.5 Å². The van der Waals surface area contributed by atoms with E-state index in [-0.39, 0.29) is 17.7 Å². The molecule has 3 fully saturated rings. The molecule has 0 radical (unpaired) electrons. The summed E-state index contributed by atoms with van der Waals surface area (Å²) in [6.07, 6.45) is 9.11. The molecule has 3 aliphatic heterocycles. The van der Waals surface area contributed by atoms with Crippen molar-refractivity contribution in [3.8, 4) is 0 Å². The van der Waals surface area contributed by atoms with Crippen LogP contribution < -0.4 is 10.6 Å². The van der Waals surface area contributed by atoms with Crippen molar-refractivity contribution in [2.24, 2.45) is 4.99 Å². The molecule has 1 spiro atoms. The van der Waals surface area contributed by atoms with Crippen LogP contribution in [0, 0.1) is 0 Å². The number of hydrogen-bond donors (Lipinski definition) is 2. The van der Waals surface area contributed by atoms with Gasteiger partial charge in [-0.15, -0.1) is 0 Å². The van der Waals surface area contributed by atoms with Gasteiger partial charge in [0.25, 0.3) is 0 Å². The van der Waals surface area contributed by atoms with Crippen molar-refractivity contribution in [2.75, 3.05) is 32.1 Å². The van der Waals surface area contributed by atoms with Crippen molar-refractivity contribution < 1.29 is 14.2 Å². The molecular weight excluding hydrogens is 463 g/mol. The van der Waals surface area contributed by atoms with Crippen molar-refractivity contribution in [3.05, 3.63) is 63.3 Å². The van der Waals surface area contributed by atoms with Crippen LogP contribution in [0.5, 0.6) is 0 Å². The zero-order valence-corrected chi connectivity index (χ0v) is 19.8. The number of nitrogens with zero attached hydrogens (tertiary/aromatic N) is 2. The van der Waals surface area contributed by atoms with Gasteiger partial charge in [0.05, 0.1) is 30.1 Å². The van der Waals surface area contributed by atoms with Gasteiger partial charge in [0.2, 0.25) is 0 Å². The molecule has 0 bridgehead atoms. The van der Waals surface area contributed by atoms with Crippen LogP contribution in [0.2, 0.25) is 10.0 Å². The Balaban J connectivity index is 1.20. The van der Waals surface area contributed by atoms with Gasteiger partial charge in [-0.2, -0.15) is 0 Å². The molecule has 1 saturated carbocycles.